The summed E-state index contributed by atoms with van der Waals surface area (Å²) in [5.41, 5.74) is 0.788. The van der Waals surface area contributed by atoms with E-state index in [9.17, 15) is 0 Å². The van der Waals surface area contributed by atoms with Gasteiger partial charge >= 0.3 is 0 Å². The third-order valence-electron chi connectivity index (χ3n) is 3.82. The van der Waals surface area contributed by atoms with E-state index in [2.05, 4.69) is 58.5 Å². The second kappa shape index (κ2) is 6.07. The number of aromatic nitrogens is 4. The van der Waals surface area contributed by atoms with Crippen LogP contribution in [-0.2, 0) is 0 Å². The summed E-state index contributed by atoms with van der Waals surface area (Å²) < 4.78 is 0. The van der Waals surface area contributed by atoms with Crippen LogP contribution in [-0.4, -0.2) is 32.2 Å². The number of nitrogens with zero attached hydrogens (tertiary/aromatic N) is 3. The van der Waals surface area contributed by atoms with Gasteiger partial charge in [-0.25, -0.2) is 0 Å². The van der Waals surface area contributed by atoms with E-state index >= 15 is 0 Å². The molecule has 6 heteroatoms. The average molecular weight is 276 g/mol. The van der Waals surface area contributed by atoms with E-state index in [-0.39, 0.29) is 5.54 Å². The van der Waals surface area contributed by atoms with Gasteiger partial charge in [-0.1, -0.05) is 20.8 Å². The lowest BCUT2D eigenvalue weighted by molar-refractivity contribution is 0.477. The molecular weight excluding hydrogens is 252 g/mol. The molecule has 0 bridgehead atoms. The highest BCUT2D eigenvalue weighted by Crippen LogP contribution is 2.26. The normalized spacial score (nSPS) is 11.8. The molecule has 0 saturated carbocycles. The lowest BCUT2D eigenvalue weighted by Gasteiger charge is -2.29. The molecule has 20 heavy (non-hydrogen) atoms. The lowest BCUT2D eigenvalue weighted by atomic mass is 9.95. The lowest BCUT2D eigenvalue weighted by Crippen LogP contribution is -2.33. The third-order valence-corrected chi connectivity index (χ3v) is 3.82. The maximum Gasteiger partial charge on any atom is 0.226 e. The molecule has 0 aliphatic carbocycles. The van der Waals surface area contributed by atoms with Gasteiger partial charge in [0.1, 0.15) is 5.82 Å². The SMILES string of the molecule is CCCNc1nc(NC(C)(CC)CC)c2cn[nH]c2n1. The fourth-order valence-electron chi connectivity index (χ4n) is 1.96. The molecular formula is C14H24N6. The van der Waals surface area contributed by atoms with Crippen LogP contribution < -0.4 is 10.6 Å². The highest BCUT2D eigenvalue weighted by atomic mass is 15.2. The van der Waals surface area contributed by atoms with Crippen LogP contribution in [0.15, 0.2) is 6.20 Å². The van der Waals surface area contributed by atoms with Crippen molar-refractivity contribution in [3.8, 4) is 0 Å². The van der Waals surface area contributed by atoms with Crippen LogP contribution in [0.25, 0.3) is 11.0 Å². The Morgan fingerprint density at radius 3 is 2.60 bits per heavy atom. The Labute approximate surface area is 119 Å². The van der Waals surface area contributed by atoms with E-state index in [4.69, 9.17) is 0 Å². The zero-order valence-corrected chi connectivity index (χ0v) is 12.7. The molecule has 0 amide bonds. The van der Waals surface area contributed by atoms with Crippen molar-refractivity contribution in [3.63, 3.8) is 0 Å². The first-order chi connectivity index (χ1) is 9.61. The summed E-state index contributed by atoms with van der Waals surface area (Å²) in [6.45, 7) is 9.55. The largest absolute Gasteiger partial charge is 0.364 e. The number of rotatable bonds is 7. The van der Waals surface area contributed by atoms with Gasteiger partial charge in [-0.15, -0.1) is 0 Å². The van der Waals surface area contributed by atoms with Gasteiger partial charge in [0.15, 0.2) is 5.65 Å². The van der Waals surface area contributed by atoms with E-state index in [1.807, 2.05) is 0 Å². The van der Waals surface area contributed by atoms with Crippen molar-refractivity contribution < 1.29 is 0 Å². The topological polar surface area (TPSA) is 78.5 Å². The van der Waals surface area contributed by atoms with Crippen LogP contribution in [0, 0.1) is 0 Å². The monoisotopic (exact) mass is 276 g/mol. The minimum atomic E-state index is 0.0284. The summed E-state index contributed by atoms with van der Waals surface area (Å²) in [7, 11) is 0. The molecule has 0 unspecified atom stereocenters. The van der Waals surface area contributed by atoms with E-state index in [1.165, 1.54) is 0 Å². The van der Waals surface area contributed by atoms with Gasteiger partial charge in [0.25, 0.3) is 0 Å². The molecule has 6 nitrogen and oxygen atoms in total. The van der Waals surface area contributed by atoms with Gasteiger partial charge in [-0.05, 0) is 26.2 Å². The Kier molecular flexibility index (Phi) is 4.42. The number of nitrogens with one attached hydrogen (secondary N) is 3. The third kappa shape index (κ3) is 3.00. The minimum absolute atomic E-state index is 0.0284. The fraction of sp³-hybridized carbons (Fsp3) is 0.643. The maximum absolute atomic E-state index is 4.60. The maximum atomic E-state index is 4.60. The summed E-state index contributed by atoms with van der Waals surface area (Å²) in [5, 5.41) is 14.7. The molecule has 0 fully saturated rings. The van der Waals surface area contributed by atoms with Crippen molar-refractivity contribution >= 4 is 22.8 Å². The second-order valence-corrected chi connectivity index (χ2v) is 5.35. The Morgan fingerprint density at radius 2 is 1.95 bits per heavy atom. The van der Waals surface area contributed by atoms with Crippen LogP contribution in [0.4, 0.5) is 11.8 Å². The fourth-order valence-corrected chi connectivity index (χ4v) is 1.96. The molecule has 0 atom stereocenters. The van der Waals surface area contributed by atoms with Gasteiger partial charge in [0, 0.05) is 12.1 Å². The van der Waals surface area contributed by atoms with Crippen LogP contribution in [0.5, 0.6) is 0 Å². The molecule has 110 valence electrons. The Balaban J connectivity index is 2.36. The summed E-state index contributed by atoms with van der Waals surface area (Å²) in [6.07, 6.45) is 4.87. The molecule has 3 N–H and O–H groups in total. The summed E-state index contributed by atoms with van der Waals surface area (Å²) >= 11 is 0. The molecule has 2 heterocycles. The number of hydrogen-bond donors (Lipinski definition) is 3. The predicted molar refractivity (Wildman–Crippen MR) is 83.1 cm³/mol. The Morgan fingerprint density at radius 1 is 1.20 bits per heavy atom. The van der Waals surface area contributed by atoms with E-state index in [0.29, 0.717) is 5.95 Å². The van der Waals surface area contributed by atoms with Gasteiger partial charge in [0.05, 0.1) is 11.6 Å². The minimum Gasteiger partial charge on any atom is -0.364 e. The van der Waals surface area contributed by atoms with Crippen molar-refractivity contribution in [2.75, 3.05) is 17.2 Å². The molecule has 0 spiro atoms. The Hall–Kier alpha value is -1.85. The van der Waals surface area contributed by atoms with Crippen molar-refractivity contribution in [1.29, 1.82) is 0 Å². The molecule has 2 aromatic heterocycles. The van der Waals surface area contributed by atoms with Gasteiger partial charge in [0.2, 0.25) is 5.95 Å². The molecule has 0 aromatic carbocycles. The van der Waals surface area contributed by atoms with Crippen molar-refractivity contribution in [1.82, 2.24) is 20.2 Å². The smallest absolute Gasteiger partial charge is 0.226 e. The van der Waals surface area contributed by atoms with Crippen LogP contribution in [0.3, 0.4) is 0 Å². The summed E-state index contributed by atoms with van der Waals surface area (Å²) in [5.74, 6) is 1.48. The van der Waals surface area contributed by atoms with E-state index < -0.39 is 0 Å². The summed E-state index contributed by atoms with van der Waals surface area (Å²) in [4.78, 5) is 9.03. The number of fused-ring (bicyclic) bond motifs is 1. The van der Waals surface area contributed by atoms with Crippen molar-refractivity contribution in [2.24, 2.45) is 0 Å². The van der Waals surface area contributed by atoms with Crippen LogP contribution in [0.2, 0.25) is 0 Å². The zero-order valence-electron chi connectivity index (χ0n) is 12.7. The number of aromatic amines is 1. The van der Waals surface area contributed by atoms with Gasteiger partial charge in [-0.3, -0.25) is 5.10 Å². The van der Waals surface area contributed by atoms with Crippen LogP contribution >= 0.6 is 0 Å². The zero-order chi connectivity index (χ0) is 14.6. The highest BCUT2D eigenvalue weighted by Gasteiger charge is 2.21. The van der Waals surface area contributed by atoms with Crippen molar-refractivity contribution in [3.05, 3.63) is 6.20 Å². The van der Waals surface area contributed by atoms with E-state index in [1.54, 1.807) is 6.20 Å². The first-order valence-corrected chi connectivity index (χ1v) is 7.35. The second-order valence-electron chi connectivity index (χ2n) is 5.35. The Bertz CT molecular complexity index is 558. The molecule has 0 saturated heterocycles. The highest BCUT2D eigenvalue weighted by molar-refractivity contribution is 5.87. The molecule has 2 aromatic rings. The molecule has 2 rings (SSSR count). The molecule has 0 radical (unpaired) electrons. The first-order valence-electron chi connectivity index (χ1n) is 7.35. The van der Waals surface area contributed by atoms with Crippen LogP contribution in [0.1, 0.15) is 47.0 Å². The first kappa shape index (κ1) is 14.6. The molecule has 0 aliphatic rings. The van der Waals surface area contributed by atoms with Gasteiger partial charge < -0.3 is 10.6 Å². The average Bonchev–Trinajstić information content (AvgIpc) is 2.93. The number of H-pyrrole nitrogens is 1. The quantitative estimate of drug-likeness (QED) is 0.724. The standard InChI is InChI=1S/C14H24N6/c1-5-8-15-13-17-11(19-14(4,6-2)7-3)10-9-16-20-12(10)18-13/h9H,5-8H2,1-4H3,(H3,15,16,17,18,19,20). The van der Waals surface area contributed by atoms with Gasteiger partial charge in [-0.2, -0.15) is 15.1 Å². The molecule has 0 aliphatic heterocycles. The van der Waals surface area contributed by atoms with Crippen molar-refractivity contribution in [2.45, 2.75) is 52.5 Å². The number of hydrogen-bond acceptors (Lipinski definition) is 5. The number of anilines is 2. The summed E-state index contributed by atoms with van der Waals surface area (Å²) in [6, 6.07) is 0. The van der Waals surface area contributed by atoms with E-state index in [0.717, 1.165) is 42.7 Å². The predicted octanol–water partition coefficient (Wildman–Crippen LogP) is 3.17.